The molecule has 17 rings (SSSR count). The van der Waals surface area contributed by atoms with Gasteiger partial charge in [-0.25, -0.2) is 9.59 Å². The Balaban J connectivity index is 0.000000174. The average Bonchev–Trinajstić information content (AvgIpc) is 1.55. The van der Waals surface area contributed by atoms with E-state index in [2.05, 4.69) is 6.92 Å². The molecule has 0 amide bonds. The molecule has 760 valence electrons. The number of hydrogen-bond acceptors (Lipinski definition) is 34. The van der Waals surface area contributed by atoms with Gasteiger partial charge >= 0.3 is 101 Å². The Bertz CT molecular complexity index is 4310. The van der Waals surface area contributed by atoms with Crippen molar-refractivity contribution in [2.75, 3.05) is 33.0 Å². The van der Waals surface area contributed by atoms with E-state index in [1.807, 2.05) is 125 Å². The van der Waals surface area contributed by atoms with Gasteiger partial charge in [-0.3, -0.25) is 71.9 Å². The number of esters is 17. The fourth-order valence-corrected chi connectivity index (χ4v) is 20.2. The van der Waals surface area contributed by atoms with Crippen molar-refractivity contribution in [3.63, 3.8) is 0 Å². The number of cyclic esters (lactones) is 5. The molecule has 34 heteroatoms. The number of rotatable bonds is 26. The molecule has 0 aromatic carbocycles. The summed E-state index contributed by atoms with van der Waals surface area (Å²) >= 11 is 0. The van der Waals surface area contributed by atoms with Gasteiger partial charge < -0.3 is 80.5 Å². The van der Waals surface area contributed by atoms with E-state index < -0.39 is 57.1 Å². The molecule has 0 spiro atoms. The number of ether oxygens (including phenoxy) is 17. The molecule has 34 nitrogen and oxygen atoms in total. The zero-order chi connectivity index (χ0) is 100. The lowest BCUT2D eigenvalue weighted by Gasteiger charge is -2.47. The van der Waals surface area contributed by atoms with Crippen LogP contribution in [-0.4, -0.2) is 201 Å². The van der Waals surface area contributed by atoms with Crippen LogP contribution in [0.1, 0.15) is 307 Å². The molecule has 17 aliphatic rings. The number of carbonyl (C=O) groups excluding carboxylic acids is 17. The lowest BCUT2D eigenvalue weighted by molar-refractivity contribution is -0.215. The zero-order valence-electron chi connectivity index (χ0n) is 84.0. The Morgan fingerprint density at radius 1 is 0.437 bits per heavy atom. The maximum Gasteiger partial charge on any atom is 0.347 e. The van der Waals surface area contributed by atoms with E-state index in [-0.39, 0.29) is 241 Å². The highest BCUT2D eigenvalue weighted by Gasteiger charge is 2.71. The van der Waals surface area contributed by atoms with Crippen LogP contribution >= 0.6 is 0 Å². The Kier molecular flexibility index (Phi) is 36.8. The van der Waals surface area contributed by atoms with E-state index in [4.69, 9.17) is 80.5 Å². The Labute approximate surface area is 794 Å². The van der Waals surface area contributed by atoms with Gasteiger partial charge in [0.25, 0.3) is 5.79 Å². The summed E-state index contributed by atoms with van der Waals surface area (Å²) in [5, 5.41) is 0. The largest absolute Gasteiger partial charge is 0.465 e. The lowest BCUT2D eigenvalue weighted by Crippen LogP contribution is -2.49. The van der Waals surface area contributed by atoms with Crippen molar-refractivity contribution in [1.82, 2.24) is 0 Å². The number of hydrogen-bond donors (Lipinski definition) is 0. The summed E-state index contributed by atoms with van der Waals surface area (Å²) in [4.78, 5) is 197. The normalized spacial score (nSPS) is 34.5. The van der Waals surface area contributed by atoms with Crippen molar-refractivity contribution < 1.29 is 162 Å². The van der Waals surface area contributed by atoms with Crippen LogP contribution in [0.2, 0.25) is 0 Å². The van der Waals surface area contributed by atoms with Gasteiger partial charge in [0.2, 0.25) is 6.10 Å². The molecule has 0 radical (unpaired) electrons. The Hall–Kier alpha value is -9.01. The fourth-order valence-electron chi connectivity index (χ4n) is 20.2. The minimum atomic E-state index is -1.05. The first-order chi connectivity index (χ1) is 63.1. The van der Waals surface area contributed by atoms with Gasteiger partial charge in [0.1, 0.15) is 61.0 Å². The lowest BCUT2D eigenvalue weighted by atomic mass is 9.58. The molecule has 29 unspecified atom stereocenters. The molecule has 17 fully saturated rings. The summed E-state index contributed by atoms with van der Waals surface area (Å²) < 4.78 is 88.8. The first-order valence-corrected chi connectivity index (χ1v) is 49.5. The van der Waals surface area contributed by atoms with E-state index in [1.165, 1.54) is 0 Å². The molecule has 0 aromatic heterocycles. The van der Waals surface area contributed by atoms with Crippen molar-refractivity contribution in [2.45, 2.75) is 374 Å². The van der Waals surface area contributed by atoms with Crippen molar-refractivity contribution in [3.8, 4) is 0 Å². The highest BCUT2D eigenvalue weighted by atomic mass is 16.7. The van der Waals surface area contributed by atoms with Crippen molar-refractivity contribution in [3.05, 3.63) is 0 Å². The van der Waals surface area contributed by atoms with Crippen LogP contribution < -0.4 is 0 Å². The third-order valence-corrected chi connectivity index (χ3v) is 32.0. The molecule has 8 saturated heterocycles. The van der Waals surface area contributed by atoms with Crippen LogP contribution in [-0.2, 0) is 162 Å². The topological polar surface area (TPSA) is 447 Å². The predicted molar refractivity (Wildman–Crippen MR) is 477 cm³/mol. The first kappa shape index (κ1) is 110. The van der Waals surface area contributed by atoms with Gasteiger partial charge in [0.05, 0.1) is 108 Å². The highest BCUT2D eigenvalue weighted by molar-refractivity contribution is 5.85. The highest BCUT2D eigenvalue weighted by Crippen LogP contribution is 2.63. The zero-order valence-corrected chi connectivity index (χ0v) is 84.0. The van der Waals surface area contributed by atoms with Gasteiger partial charge in [0, 0.05) is 73.5 Å². The van der Waals surface area contributed by atoms with Gasteiger partial charge in [-0.2, -0.15) is 0 Å². The van der Waals surface area contributed by atoms with E-state index in [9.17, 15) is 81.5 Å². The standard InChI is InChI=1S/C15H20O6.C15H22O4.2C14H20O4.C12H20O4.C11H18O4.2C10H16O4/c1-3-7(2)14(17)19-6-11(16)20-12-8-4-9-10(5-8)15(18)21-13(9)12;1-3-8(2)14(16)19-12-6-9-4-5-10(12)11-7-18-15(17)13(9)11;1-4-7(2)12(15)17-10-8-5-9-11(10)18-13(16)14(9,3)6-8;1-4-6(2)13(15)17-11-8-5-9-10(7(8)3)14(16)18-12(9)11;1-5-11(2,3)10(14)16-12(4)6-7-15-9(13)8-12;1-5-10(2,3)9(13)15-11(4)7-6-8(12)14-11;1-4-10(2,3)9(12)14-7-5-8(11)13-6-7;1-4-10(2,3)9(12)14-7-5-6-13-8(7)11/h7-10,12-13H,3-6H2,1-2H3;8-13H,3-7H2,1-2H3;7-11H,4-6H2,1-3H3;6-12H,4-5H2,1-3H3;5-8H2,1-4H3;5-7H2,1-4H3;2*7H,4-6H2,1-3H3. The SMILES string of the molecule is CCC(C)(C)C(=O)OC1(C)CCC(=O)O1.CCC(C)(C)C(=O)OC1(C)CCOC(=O)C1.CCC(C)(C)C(=O)OC1CCOC1=O.CCC(C)(C)C(=O)OC1COC(=O)C1.CCC(C)C(=O)OC1C2CC3C1OC(=O)C3(C)C2.CCC(C)C(=O)OC1C2CC3C1OC(=O)C3C2C.CCC(C)C(=O)OC1CC2CCC1C1COC(=O)C21.CCC(C)C(=O)OCC(=O)OC1C2CC3C(=O)OC1C3C2. The summed E-state index contributed by atoms with van der Waals surface area (Å²) in [5.41, 5.74) is -3.04. The van der Waals surface area contributed by atoms with E-state index in [0.717, 1.165) is 70.6 Å². The quantitative estimate of drug-likeness (QED) is 0.0573. The molecule has 29 atom stereocenters. The third kappa shape index (κ3) is 25.7. The second-order valence-electron chi connectivity index (χ2n) is 43.2. The van der Waals surface area contributed by atoms with Gasteiger partial charge in [-0.05, 0) is 184 Å². The molecule has 8 heterocycles. The first-order valence-electron chi connectivity index (χ1n) is 49.5. The Morgan fingerprint density at radius 2 is 0.985 bits per heavy atom. The molecule has 0 N–H and O–H groups in total. The third-order valence-electron chi connectivity index (χ3n) is 32.0. The van der Waals surface area contributed by atoms with E-state index >= 15 is 0 Å². The van der Waals surface area contributed by atoms with Crippen LogP contribution in [0, 0.1) is 128 Å². The summed E-state index contributed by atoms with van der Waals surface area (Å²) in [6.07, 6.45) is 12.9. The van der Waals surface area contributed by atoms with Crippen molar-refractivity contribution in [2.24, 2.45) is 128 Å². The van der Waals surface area contributed by atoms with Gasteiger partial charge in [0.15, 0.2) is 6.61 Å². The summed E-state index contributed by atoms with van der Waals surface area (Å²) in [6.45, 7) is 46.0. The van der Waals surface area contributed by atoms with Crippen molar-refractivity contribution in [1.29, 1.82) is 0 Å². The Morgan fingerprint density at radius 3 is 1.53 bits per heavy atom. The van der Waals surface area contributed by atoms with Crippen LogP contribution in [0.5, 0.6) is 0 Å². The second kappa shape index (κ2) is 45.3. The fraction of sp³-hybridized carbons (Fsp3) is 0.832. The summed E-state index contributed by atoms with van der Waals surface area (Å²) in [6, 6.07) is 0. The average molecular weight is 1910 g/mol. The molecule has 9 saturated carbocycles. The molecule has 0 aromatic rings. The smallest absolute Gasteiger partial charge is 0.347 e. The van der Waals surface area contributed by atoms with Crippen LogP contribution in [0.25, 0.3) is 0 Å². The minimum Gasteiger partial charge on any atom is -0.465 e. The number of fused-ring (bicyclic) bond motifs is 5. The van der Waals surface area contributed by atoms with Crippen LogP contribution in [0.4, 0.5) is 0 Å². The van der Waals surface area contributed by atoms with Gasteiger partial charge in [-0.15, -0.1) is 0 Å². The van der Waals surface area contributed by atoms with Crippen LogP contribution in [0.15, 0.2) is 0 Å². The van der Waals surface area contributed by atoms with Crippen molar-refractivity contribution >= 4 is 101 Å². The van der Waals surface area contributed by atoms with E-state index in [1.54, 1.807) is 34.6 Å². The minimum absolute atomic E-state index is 0.00168. The molecule has 9 aliphatic carbocycles. The van der Waals surface area contributed by atoms with Crippen LogP contribution in [0.3, 0.4) is 0 Å². The molecule has 8 bridgehead atoms. The monoisotopic (exact) mass is 1910 g/mol. The molecular weight excluding hydrogens is 1760 g/mol. The maximum absolute atomic E-state index is 12.0. The van der Waals surface area contributed by atoms with Gasteiger partial charge in [-0.1, -0.05) is 90.0 Å². The summed E-state index contributed by atoms with van der Waals surface area (Å²) in [7, 11) is 0. The molecule has 8 aliphatic heterocycles. The molecular formula is C101H152O34. The maximum atomic E-state index is 12.0. The molecule has 135 heavy (non-hydrogen) atoms. The van der Waals surface area contributed by atoms with E-state index in [0.29, 0.717) is 101 Å². The summed E-state index contributed by atoms with van der Waals surface area (Å²) in [5.74, 6) is -2.69. The second-order valence-corrected chi connectivity index (χ2v) is 43.2. The predicted octanol–water partition coefficient (Wildman–Crippen LogP) is 13.6. The number of carbonyl (C=O) groups is 17.